The Bertz CT molecular complexity index is 802. The minimum Gasteiger partial charge on any atom is -0.381 e. The molecule has 2 aromatic rings. The van der Waals surface area contributed by atoms with E-state index in [0.29, 0.717) is 63.1 Å². The lowest BCUT2D eigenvalue weighted by atomic mass is 9.84. The van der Waals surface area contributed by atoms with Crippen molar-refractivity contribution in [3.8, 4) is 11.4 Å². The summed E-state index contributed by atoms with van der Waals surface area (Å²) in [5, 5.41) is 3.93. The summed E-state index contributed by atoms with van der Waals surface area (Å²) in [7, 11) is 0. The Kier molecular flexibility index (Phi) is 5.68. The summed E-state index contributed by atoms with van der Waals surface area (Å²) in [5.41, 5.74) is 0.508. The third kappa shape index (κ3) is 4.07. The molecule has 4 rings (SSSR count). The monoisotopic (exact) mass is 389 g/mol. The molecule has 1 spiro atoms. The van der Waals surface area contributed by atoms with E-state index in [1.165, 1.54) is 12.1 Å². The first kappa shape index (κ1) is 19.0. The average Bonchev–Trinajstić information content (AvgIpc) is 3.10. The van der Waals surface area contributed by atoms with E-state index in [0.717, 1.165) is 19.3 Å². The third-order valence-corrected chi connectivity index (χ3v) is 5.59. The van der Waals surface area contributed by atoms with E-state index in [1.54, 1.807) is 12.1 Å². The summed E-state index contributed by atoms with van der Waals surface area (Å²) in [5.74, 6) is 0.557. The van der Waals surface area contributed by atoms with Crippen LogP contribution in [-0.4, -0.2) is 59.5 Å². The van der Waals surface area contributed by atoms with Gasteiger partial charge in [0, 0.05) is 50.3 Å². The topological polar surface area (TPSA) is 77.7 Å². The fourth-order valence-corrected chi connectivity index (χ4v) is 3.97. The second-order valence-corrected chi connectivity index (χ2v) is 7.26. The van der Waals surface area contributed by atoms with Crippen LogP contribution in [0.1, 0.15) is 31.6 Å². The van der Waals surface area contributed by atoms with Gasteiger partial charge in [-0.3, -0.25) is 4.79 Å². The number of benzene rings is 1. The normalized spacial score (nSPS) is 19.5. The van der Waals surface area contributed by atoms with Gasteiger partial charge in [0.05, 0.1) is 6.61 Å². The van der Waals surface area contributed by atoms with Crippen LogP contribution in [0.2, 0.25) is 0 Å². The quantitative estimate of drug-likeness (QED) is 0.800. The highest BCUT2D eigenvalue weighted by molar-refractivity contribution is 5.77. The van der Waals surface area contributed by atoms with E-state index in [1.807, 2.05) is 4.90 Å². The van der Waals surface area contributed by atoms with Crippen LogP contribution in [0.15, 0.2) is 28.8 Å². The van der Waals surface area contributed by atoms with Crippen molar-refractivity contribution in [1.29, 1.82) is 0 Å². The number of aromatic nitrogens is 2. The van der Waals surface area contributed by atoms with Gasteiger partial charge in [0.25, 0.3) is 0 Å². The predicted molar refractivity (Wildman–Crippen MR) is 97.9 cm³/mol. The molecule has 1 amide bonds. The van der Waals surface area contributed by atoms with Gasteiger partial charge in [-0.25, -0.2) is 4.39 Å². The Morgan fingerprint density at radius 2 is 1.75 bits per heavy atom. The van der Waals surface area contributed by atoms with Crippen LogP contribution < -0.4 is 0 Å². The molecule has 150 valence electrons. The van der Waals surface area contributed by atoms with Gasteiger partial charge in [-0.05, 0) is 43.5 Å². The Morgan fingerprint density at radius 3 is 2.46 bits per heavy atom. The first-order chi connectivity index (χ1) is 13.7. The summed E-state index contributed by atoms with van der Waals surface area (Å²) < 4.78 is 29.5. The van der Waals surface area contributed by atoms with Crippen molar-refractivity contribution in [3.05, 3.63) is 36.0 Å². The van der Waals surface area contributed by atoms with Crippen LogP contribution in [0.4, 0.5) is 4.39 Å². The molecule has 1 aromatic carbocycles. The van der Waals surface area contributed by atoms with Gasteiger partial charge in [-0.2, -0.15) is 4.98 Å². The second-order valence-electron chi connectivity index (χ2n) is 7.26. The highest BCUT2D eigenvalue weighted by atomic mass is 19.1. The van der Waals surface area contributed by atoms with Crippen molar-refractivity contribution in [2.45, 2.75) is 37.6 Å². The van der Waals surface area contributed by atoms with Gasteiger partial charge in [0.2, 0.25) is 17.6 Å². The maximum absolute atomic E-state index is 13.1. The number of aryl methyl sites for hydroxylation is 1. The van der Waals surface area contributed by atoms with Gasteiger partial charge in [-0.15, -0.1) is 0 Å². The molecule has 3 heterocycles. The maximum Gasteiger partial charge on any atom is 0.227 e. The molecule has 2 saturated heterocycles. The van der Waals surface area contributed by atoms with Crippen molar-refractivity contribution in [2.24, 2.45) is 0 Å². The van der Waals surface area contributed by atoms with Gasteiger partial charge in [0.15, 0.2) is 0 Å². The van der Waals surface area contributed by atoms with Crippen molar-refractivity contribution >= 4 is 5.91 Å². The van der Waals surface area contributed by atoms with Crippen LogP contribution in [0.5, 0.6) is 0 Å². The number of nitrogens with zero attached hydrogens (tertiary/aromatic N) is 3. The molecule has 7 nitrogen and oxygen atoms in total. The molecule has 1 aromatic heterocycles. The Morgan fingerprint density at radius 1 is 1.07 bits per heavy atom. The lowest BCUT2D eigenvalue weighted by Crippen LogP contribution is -2.55. The van der Waals surface area contributed by atoms with Crippen LogP contribution in [0.25, 0.3) is 11.4 Å². The van der Waals surface area contributed by atoms with Crippen LogP contribution in [0.3, 0.4) is 0 Å². The summed E-state index contributed by atoms with van der Waals surface area (Å²) in [6.45, 7) is 3.19. The fourth-order valence-electron chi connectivity index (χ4n) is 3.97. The molecule has 0 unspecified atom stereocenters. The van der Waals surface area contributed by atoms with Crippen LogP contribution in [0, 0.1) is 5.82 Å². The molecule has 8 heteroatoms. The molecule has 0 N–H and O–H groups in total. The highest BCUT2D eigenvalue weighted by Crippen LogP contribution is 2.33. The molecule has 2 aliphatic heterocycles. The van der Waals surface area contributed by atoms with Gasteiger partial charge >= 0.3 is 0 Å². The van der Waals surface area contributed by atoms with Crippen LogP contribution >= 0.6 is 0 Å². The zero-order chi connectivity index (χ0) is 19.4. The first-order valence-corrected chi connectivity index (χ1v) is 9.71. The largest absolute Gasteiger partial charge is 0.381 e. The molecule has 0 atom stereocenters. The molecule has 2 fully saturated rings. The number of hydrogen-bond donors (Lipinski definition) is 0. The number of amides is 1. The Hall–Kier alpha value is -2.32. The number of ether oxygens (including phenoxy) is 2. The number of rotatable bonds is 4. The molecular weight excluding hydrogens is 365 g/mol. The molecular formula is C20H24FN3O4. The van der Waals surface area contributed by atoms with Gasteiger partial charge in [0.1, 0.15) is 5.82 Å². The van der Waals surface area contributed by atoms with Crippen LogP contribution in [-0.2, 0) is 20.7 Å². The van der Waals surface area contributed by atoms with Crippen molar-refractivity contribution in [2.75, 3.05) is 33.0 Å². The lowest BCUT2D eigenvalue weighted by molar-refractivity contribution is -0.141. The minimum absolute atomic E-state index is 0.0777. The highest BCUT2D eigenvalue weighted by Gasteiger charge is 2.41. The number of carbonyl (C=O) groups is 1. The number of hydrogen-bond acceptors (Lipinski definition) is 6. The fraction of sp³-hybridized carbons (Fsp3) is 0.550. The molecule has 0 radical (unpaired) electrons. The van der Waals surface area contributed by atoms with E-state index in [4.69, 9.17) is 14.0 Å². The van der Waals surface area contributed by atoms with Crippen molar-refractivity contribution < 1.29 is 23.2 Å². The summed E-state index contributed by atoms with van der Waals surface area (Å²) in [6.07, 6.45) is 3.21. The molecule has 2 aliphatic rings. The molecule has 0 saturated carbocycles. The Labute approximate surface area is 162 Å². The smallest absolute Gasteiger partial charge is 0.227 e. The van der Waals surface area contributed by atoms with E-state index < -0.39 is 0 Å². The summed E-state index contributed by atoms with van der Waals surface area (Å²) in [4.78, 5) is 19.3. The zero-order valence-corrected chi connectivity index (χ0v) is 15.7. The van der Waals surface area contributed by atoms with E-state index >= 15 is 0 Å². The van der Waals surface area contributed by atoms with E-state index in [-0.39, 0.29) is 17.3 Å². The summed E-state index contributed by atoms with van der Waals surface area (Å²) >= 11 is 0. The standard InChI is InChI=1S/C20H24FN3O4/c21-16-3-1-15(2-4-16)19-22-17(28-23-19)5-6-18(25)24-10-14-27-13-9-20(24)7-11-26-12-8-20/h1-4H,5-14H2. The molecule has 0 aliphatic carbocycles. The Balaban J connectivity index is 1.41. The second kappa shape index (κ2) is 8.36. The van der Waals surface area contributed by atoms with E-state index in [9.17, 15) is 9.18 Å². The zero-order valence-electron chi connectivity index (χ0n) is 15.7. The molecule has 28 heavy (non-hydrogen) atoms. The SMILES string of the molecule is O=C(CCc1nc(-c2ccc(F)cc2)no1)N1CCOCCC12CCOCC2. The predicted octanol–water partition coefficient (Wildman–Crippen LogP) is 2.61. The minimum atomic E-state index is -0.318. The summed E-state index contributed by atoms with van der Waals surface area (Å²) in [6, 6.07) is 5.90. The average molecular weight is 389 g/mol. The van der Waals surface area contributed by atoms with Crippen molar-refractivity contribution in [1.82, 2.24) is 15.0 Å². The van der Waals surface area contributed by atoms with Gasteiger partial charge in [-0.1, -0.05) is 5.16 Å². The lowest BCUT2D eigenvalue weighted by Gasteiger charge is -2.45. The number of halogens is 1. The van der Waals surface area contributed by atoms with Crippen molar-refractivity contribution in [3.63, 3.8) is 0 Å². The third-order valence-electron chi connectivity index (χ3n) is 5.59. The van der Waals surface area contributed by atoms with E-state index in [2.05, 4.69) is 10.1 Å². The maximum atomic E-state index is 13.1. The molecule has 0 bridgehead atoms. The van der Waals surface area contributed by atoms with Gasteiger partial charge < -0.3 is 18.9 Å². The number of carbonyl (C=O) groups excluding carboxylic acids is 1. The first-order valence-electron chi connectivity index (χ1n) is 9.71.